The predicted octanol–water partition coefficient (Wildman–Crippen LogP) is 2.28. The minimum absolute atomic E-state index is 0.0468. The number of carbonyl (C=O) groups excluding carboxylic acids is 2. The lowest BCUT2D eigenvalue weighted by Gasteiger charge is -2.33. The van der Waals surface area contributed by atoms with Crippen molar-refractivity contribution in [2.75, 3.05) is 19.6 Å². The van der Waals surface area contributed by atoms with Crippen LogP contribution >= 0.6 is 0 Å². The van der Waals surface area contributed by atoms with Crippen molar-refractivity contribution in [3.63, 3.8) is 0 Å². The van der Waals surface area contributed by atoms with E-state index in [0.717, 1.165) is 29.3 Å². The molecule has 8 nitrogen and oxygen atoms in total. The van der Waals surface area contributed by atoms with Crippen LogP contribution in [-0.4, -0.2) is 58.5 Å². The number of rotatable bonds is 7. The van der Waals surface area contributed by atoms with Gasteiger partial charge in [-0.15, -0.1) is 0 Å². The number of aromatic amines is 1. The number of amides is 2. The first kappa shape index (κ1) is 23.3. The molecule has 2 aliphatic rings. The van der Waals surface area contributed by atoms with Crippen molar-refractivity contribution < 1.29 is 19.5 Å². The van der Waals surface area contributed by atoms with E-state index < -0.39 is 12.0 Å². The van der Waals surface area contributed by atoms with Crippen molar-refractivity contribution in [2.24, 2.45) is 23.5 Å². The molecule has 2 aromatic rings. The van der Waals surface area contributed by atoms with Crippen LogP contribution in [0.2, 0.25) is 0 Å². The van der Waals surface area contributed by atoms with Crippen LogP contribution < -0.4 is 11.1 Å². The summed E-state index contributed by atoms with van der Waals surface area (Å²) in [6.45, 7) is 1.70. The molecule has 1 atom stereocenters. The summed E-state index contributed by atoms with van der Waals surface area (Å²) in [6.07, 6.45) is 6.75. The Bertz CT molecular complexity index is 987. The molecule has 2 heterocycles. The topological polar surface area (TPSA) is 129 Å². The van der Waals surface area contributed by atoms with Crippen LogP contribution in [0.15, 0.2) is 30.5 Å². The lowest BCUT2D eigenvalue weighted by molar-refractivity contribution is -0.143. The van der Waals surface area contributed by atoms with Gasteiger partial charge in [-0.05, 0) is 62.5 Å². The zero-order chi connectivity index (χ0) is 23.4. The number of carbonyl (C=O) groups is 3. The van der Waals surface area contributed by atoms with Crippen LogP contribution in [0.25, 0.3) is 10.9 Å². The van der Waals surface area contributed by atoms with Crippen LogP contribution in [0.4, 0.5) is 0 Å². The lowest BCUT2D eigenvalue weighted by Crippen LogP contribution is -2.49. The lowest BCUT2D eigenvalue weighted by atomic mass is 9.82. The van der Waals surface area contributed by atoms with Gasteiger partial charge in [-0.3, -0.25) is 14.4 Å². The normalized spacial score (nSPS) is 22.8. The Morgan fingerprint density at radius 3 is 2.45 bits per heavy atom. The Kier molecular flexibility index (Phi) is 7.33. The smallest absolute Gasteiger partial charge is 0.306 e. The van der Waals surface area contributed by atoms with E-state index in [-0.39, 0.29) is 23.7 Å². The van der Waals surface area contributed by atoms with Gasteiger partial charge in [0.05, 0.1) is 12.0 Å². The van der Waals surface area contributed by atoms with Crippen molar-refractivity contribution in [2.45, 2.75) is 51.0 Å². The number of para-hydroxylation sites is 1. The van der Waals surface area contributed by atoms with Crippen molar-refractivity contribution in [3.05, 3.63) is 36.0 Å². The molecule has 178 valence electrons. The number of aliphatic carboxylic acids is 1. The second-order valence-corrected chi connectivity index (χ2v) is 9.57. The first-order valence-corrected chi connectivity index (χ1v) is 12.0. The molecule has 33 heavy (non-hydrogen) atoms. The fourth-order valence-corrected chi connectivity index (χ4v) is 5.22. The highest BCUT2D eigenvalue weighted by Crippen LogP contribution is 2.29. The zero-order valence-corrected chi connectivity index (χ0v) is 19.0. The molecule has 0 bridgehead atoms. The van der Waals surface area contributed by atoms with Crippen LogP contribution in [-0.2, 0) is 20.8 Å². The molecular formula is C25H34N4O4. The van der Waals surface area contributed by atoms with E-state index in [0.29, 0.717) is 57.7 Å². The van der Waals surface area contributed by atoms with Crippen LogP contribution in [0.3, 0.4) is 0 Å². The first-order chi connectivity index (χ1) is 15.9. The molecule has 2 amide bonds. The number of nitrogens with one attached hydrogen (secondary N) is 2. The third-order valence-electron chi connectivity index (χ3n) is 7.37. The quantitative estimate of drug-likeness (QED) is 0.510. The maximum Gasteiger partial charge on any atom is 0.306 e. The number of fused-ring (bicyclic) bond motifs is 1. The summed E-state index contributed by atoms with van der Waals surface area (Å²) in [5.41, 5.74) is 8.34. The summed E-state index contributed by atoms with van der Waals surface area (Å²) in [5, 5.41) is 13.3. The number of nitrogens with two attached hydrogens (primary N) is 1. The van der Waals surface area contributed by atoms with Gasteiger partial charge in [-0.25, -0.2) is 0 Å². The number of benzene rings is 1. The average molecular weight is 455 g/mol. The molecule has 1 aromatic heterocycles. The number of nitrogens with zero attached hydrogens (tertiary/aromatic N) is 1. The van der Waals surface area contributed by atoms with Gasteiger partial charge in [0.2, 0.25) is 11.8 Å². The van der Waals surface area contributed by atoms with Crippen molar-refractivity contribution in [3.8, 4) is 0 Å². The second kappa shape index (κ2) is 10.4. The van der Waals surface area contributed by atoms with Gasteiger partial charge in [0, 0.05) is 42.7 Å². The molecule has 1 unspecified atom stereocenters. The van der Waals surface area contributed by atoms with E-state index in [1.54, 1.807) is 4.90 Å². The molecule has 0 radical (unpaired) electrons. The molecular weight excluding hydrogens is 420 g/mol. The van der Waals surface area contributed by atoms with Crippen molar-refractivity contribution in [1.82, 2.24) is 15.2 Å². The van der Waals surface area contributed by atoms with Gasteiger partial charge in [-0.2, -0.15) is 0 Å². The monoisotopic (exact) mass is 454 g/mol. The number of carboxylic acids is 1. The third kappa shape index (κ3) is 5.55. The number of piperidine rings is 1. The summed E-state index contributed by atoms with van der Waals surface area (Å²) in [5.74, 6) is -0.691. The molecule has 1 saturated carbocycles. The summed E-state index contributed by atoms with van der Waals surface area (Å²) < 4.78 is 0. The number of hydrogen-bond acceptors (Lipinski definition) is 4. The minimum atomic E-state index is -0.708. The largest absolute Gasteiger partial charge is 0.481 e. The molecule has 1 aliphatic heterocycles. The van der Waals surface area contributed by atoms with Crippen LogP contribution in [0.1, 0.15) is 44.1 Å². The average Bonchev–Trinajstić information content (AvgIpc) is 3.25. The highest BCUT2D eigenvalue weighted by atomic mass is 16.4. The van der Waals surface area contributed by atoms with Gasteiger partial charge in [0.15, 0.2) is 0 Å². The minimum Gasteiger partial charge on any atom is -0.481 e. The summed E-state index contributed by atoms with van der Waals surface area (Å²) in [7, 11) is 0. The Morgan fingerprint density at radius 1 is 1.06 bits per heavy atom. The molecule has 1 aromatic carbocycles. The summed E-state index contributed by atoms with van der Waals surface area (Å²) in [4.78, 5) is 41.6. The van der Waals surface area contributed by atoms with Crippen molar-refractivity contribution >= 4 is 28.7 Å². The SMILES string of the molecule is NC(Cc1c[nH]c2ccccc12)C(=O)N1CCC(C(=O)NCC2CCC(C(=O)O)CC2)CC1. The molecule has 0 spiro atoms. The third-order valence-corrected chi connectivity index (χ3v) is 7.37. The first-order valence-electron chi connectivity index (χ1n) is 12.0. The van der Waals surface area contributed by atoms with E-state index in [4.69, 9.17) is 10.8 Å². The number of likely N-dealkylation sites (tertiary alicyclic amines) is 1. The Morgan fingerprint density at radius 2 is 1.76 bits per heavy atom. The van der Waals surface area contributed by atoms with E-state index in [9.17, 15) is 14.4 Å². The maximum absolute atomic E-state index is 12.9. The summed E-state index contributed by atoms with van der Waals surface area (Å²) >= 11 is 0. The molecule has 1 aliphatic carbocycles. The van der Waals surface area contributed by atoms with Gasteiger partial charge in [-0.1, -0.05) is 18.2 Å². The standard InChI is InChI=1S/C25H34N4O4/c26-21(13-19-15-27-22-4-2-1-3-20(19)22)24(31)29-11-9-17(10-12-29)23(30)28-14-16-5-7-18(8-6-16)25(32)33/h1-4,15-18,21,27H,5-14,26H2,(H,28,30)(H,32,33). The Labute approximate surface area is 193 Å². The van der Waals surface area contributed by atoms with Gasteiger partial charge < -0.3 is 26.0 Å². The fraction of sp³-hybridized carbons (Fsp3) is 0.560. The second-order valence-electron chi connectivity index (χ2n) is 9.57. The Balaban J connectivity index is 1.20. The van der Waals surface area contributed by atoms with Gasteiger partial charge in [0.1, 0.15) is 0 Å². The number of hydrogen-bond donors (Lipinski definition) is 4. The van der Waals surface area contributed by atoms with E-state index in [1.165, 1.54) is 0 Å². The van der Waals surface area contributed by atoms with Gasteiger partial charge in [0.25, 0.3) is 0 Å². The van der Waals surface area contributed by atoms with E-state index in [2.05, 4.69) is 10.3 Å². The van der Waals surface area contributed by atoms with Crippen molar-refractivity contribution in [1.29, 1.82) is 0 Å². The van der Waals surface area contributed by atoms with Gasteiger partial charge >= 0.3 is 5.97 Å². The maximum atomic E-state index is 12.9. The van der Waals surface area contributed by atoms with Crippen LogP contribution in [0.5, 0.6) is 0 Å². The van der Waals surface area contributed by atoms with Crippen LogP contribution in [0, 0.1) is 17.8 Å². The molecule has 4 rings (SSSR count). The van der Waals surface area contributed by atoms with E-state index >= 15 is 0 Å². The molecule has 2 fully saturated rings. The van der Waals surface area contributed by atoms with E-state index in [1.807, 2.05) is 30.5 Å². The number of aromatic nitrogens is 1. The highest BCUT2D eigenvalue weighted by molar-refractivity contribution is 5.86. The Hall–Kier alpha value is -2.87. The zero-order valence-electron chi connectivity index (χ0n) is 19.0. The fourth-order valence-electron chi connectivity index (χ4n) is 5.22. The molecule has 5 N–H and O–H groups in total. The number of H-pyrrole nitrogens is 1. The summed E-state index contributed by atoms with van der Waals surface area (Å²) in [6, 6.07) is 7.38. The highest BCUT2D eigenvalue weighted by Gasteiger charge is 2.31. The predicted molar refractivity (Wildman–Crippen MR) is 125 cm³/mol. The molecule has 1 saturated heterocycles. The number of carboxylic acid groups (broad SMARTS) is 1. The molecule has 8 heteroatoms.